The van der Waals surface area contributed by atoms with E-state index >= 15 is 0 Å². The number of nitrogen functional groups attached to an aromatic ring is 1. The van der Waals surface area contributed by atoms with E-state index in [-0.39, 0.29) is 5.95 Å². The van der Waals surface area contributed by atoms with Crippen LogP contribution in [0.25, 0.3) is 11.2 Å². The highest BCUT2D eigenvalue weighted by atomic mass is 16.5. The van der Waals surface area contributed by atoms with Crippen LogP contribution in [0.15, 0.2) is 0 Å². The van der Waals surface area contributed by atoms with Gasteiger partial charge in [-0.1, -0.05) is 0 Å². The van der Waals surface area contributed by atoms with Crippen LogP contribution in [-0.2, 0) is 0 Å². The summed E-state index contributed by atoms with van der Waals surface area (Å²) in [6, 6.07) is 0. The number of imidazole rings is 1. The Morgan fingerprint density at radius 1 is 1.50 bits per heavy atom. The van der Waals surface area contributed by atoms with Gasteiger partial charge < -0.3 is 15.5 Å². The van der Waals surface area contributed by atoms with Gasteiger partial charge in [0.25, 0.3) is 0 Å². The minimum atomic E-state index is 0.139. The Kier molecular flexibility index (Phi) is 1.33. The Bertz CT molecular complexity index is 409. The zero-order chi connectivity index (χ0) is 8.55. The maximum Gasteiger partial charge on any atom is 0.244 e. The number of H-pyrrole nitrogens is 1. The third kappa shape index (κ3) is 0.849. The molecular formula is C6H6N5O. The molecule has 0 bridgehead atoms. The molecule has 0 amide bonds. The molecule has 12 heavy (non-hydrogen) atoms. The van der Waals surface area contributed by atoms with Gasteiger partial charge in [-0.05, 0) is 0 Å². The summed E-state index contributed by atoms with van der Waals surface area (Å²) in [5.41, 5.74) is 6.45. The van der Waals surface area contributed by atoms with Crippen molar-refractivity contribution in [1.29, 1.82) is 0 Å². The third-order valence-electron chi connectivity index (χ3n) is 1.41. The van der Waals surface area contributed by atoms with E-state index in [1.807, 2.05) is 0 Å². The molecule has 0 spiro atoms. The van der Waals surface area contributed by atoms with Gasteiger partial charge in [-0.2, -0.15) is 9.97 Å². The highest BCUT2D eigenvalue weighted by molar-refractivity contribution is 5.76. The second kappa shape index (κ2) is 2.33. The summed E-state index contributed by atoms with van der Waals surface area (Å²) in [4.78, 5) is 14.2. The zero-order valence-electron chi connectivity index (χ0n) is 6.33. The largest absolute Gasteiger partial charge is 0.479 e. The van der Waals surface area contributed by atoms with Gasteiger partial charge in [0.1, 0.15) is 5.52 Å². The number of hydrogen-bond acceptors (Lipinski definition) is 5. The van der Waals surface area contributed by atoms with Gasteiger partial charge in [-0.25, -0.2) is 4.98 Å². The maximum absolute atomic E-state index is 5.39. The molecule has 0 aliphatic carbocycles. The normalized spacial score (nSPS) is 10.4. The summed E-state index contributed by atoms with van der Waals surface area (Å²) < 4.78 is 4.94. The molecule has 2 heterocycles. The summed E-state index contributed by atoms with van der Waals surface area (Å²) in [5, 5.41) is 0. The lowest BCUT2D eigenvalue weighted by molar-refractivity contribution is 0.402. The van der Waals surface area contributed by atoms with Gasteiger partial charge in [-0.15, -0.1) is 0 Å². The number of methoxy groups -OCH3 is 1. The molecule has 0 aliphatic heterocycles. The molecule has 0 aliphatic rings. The average Bonchev–Trinajstić information content (AvgIpc) is 2.50. The number of aromatic nitrogens is 4. The number of fused-ring (bicyclic) bond motifs is 1. The van der Waals surface area contributed by atoms with Crippen LogP contribution >= 0.6 is 0 Å². The van der Waals surface area contributed by atoms with E-state index in [4.69, 9.17) is 10.5 Å². The van der Waals surface area contributed by atoms with Gasteiger partial charge in [-0.3, -0.25) is 0 Å². The van der Waals surface area contributed by atoms with E-state index < -0.39 is 0 Å². The van der Waals surface area contributed by atoms with Crippen molar-refractivity contribution in [2.45, 2.75) is 0 Å². The Morgan fingerprint density at radius 2 is 2.33 bits per heavy atom. The van der Waals surface area contributed by atoms with E-state index in [1.54, 1.807) is 0 Å². The number of ether oxygens (including phenoxy) is 1. The molecule has 0 saturated heterocycles. The SMILES string of the molecule is COc1nc(N)nc2n[c][nH]c12. The van der Waals surface area contributed by atoms with E-state index in [0.717, 1.165) is 0 Å². The number of hydrogen-bond donors (Lipinski definition) is 2. The lowest BCUT2D eigenvalue weighted by Gasteiger charge is -1.99. The topological polar surface area (TPSA) is 89.7 Å². The Balaban J connectivity index is 2.80. The van der Waals surface area contributed by atoms with E-state index in [2.05, 4.69) is 26.3 Å². The van der Waals surface area contributed by atoms with E-state index in [0.29, 0.717) is 17.0 Å². The highest BCUT2D eigenvalue weighted by Crippen LogP contribution is 2.18. The molecule has 61 valence electrons. The van der Waals surface area contributed by atoms with Crippen molar-refractivity contribution in [3.8, 4) is 5.88 Å². The molecule has 6 nitrogen and oxygen atoms in total. The summed E-state index contributed by atoms with van der Waals surface area (Å²) in [6.45, 7) is 0. The first kappa shape index (κ1) is 6.84. The van der Waals surface area contributed by atoms with E-state index in [1.165, 1.54) is 7.11 Å². The third-order valence-corrected chi connectivity index (χ3v) is 1.41. The quantitative estimate of drug-likeness (QED) is 0.606. The number of nitrogens with two attached hydrogens (primary N) is 1. The predicted molar refractivity (Wildman–Crippen MR) is 41.5 cm³/mol. The molecular weight excluding hydrogens is 158 g/mol. The number of aromatic amines is 1. The Labute approximate surface area is 67.8 Å². The first-order chi connectivity index (χ1) is 5.81. The van der Waals surface area contributed by atoms with Gasteiger partial charge in [0.15, 0.2) is 12.0 Å². The molecule has 3 N–H and O–H groups in total. The smallest absolute Gasteiger partial charge is 0.244 e. The fraction of sp³-hybridized carbons (Fsp3) is 0.167. The maximum atomic E-state index is 5.39. The molecule has 0 atom stereocenters. The summed E-state index contributed by atoms with van der Waals surface area (Å²) in [6.07, 6.45) is 2.53. The fourth-order valence-corrected chi connectivity index (χ4v) is 0.920. The number of anilines is 1. The van der Waals surface area contributed by atoms with Crippen LogP contribution in [0.5, 0.6) is 5.88 Å². The van der Waals surface area contributed by atoms with Gasteiger partial charge in [0.05, 0.1) is 7.11 Å². The van der Waals surface area contributed by atoms with Gasteiger partial charge in [0.2, 0.25) is 11.8 Å². The lowest BCUT2D eigenvalue weighted by atomic mass is 10.5. The van der Waals surface area contributed by atoms with Gasteiger partial charge >= 0.3 is 0 Å². The second-order valence-corrected chi connectivity index (χ2v) is 2.14. The highest BCUT2D eigenvalue weighted by Gasteiger charge is 2.07. The molecule has 0 saturated carbocycles. The molecule has 2 aromatic heterocycles. The van der Waals surface area contributed by atoms with Crippen LogP contribution in [0.4, 0.5) is 5.95 Å². The van der Waals surface area contributed by atoms with Crippen molar-refractivity contribution in [2.24, 2.45) is 0 Å². The minimum absolute atomic E-state index is 0.139. The van der Waals surface area contributed by atoms with Crippen LogP contribution in [0.1, 0.15) is 0 Å². The number of rotatable bonds is 1. The van der Waals surface area contributed by atoms with Crippen molar-refractivity contribution in [1.82, 2.24) is 19.9 Å². The molecule has 2 rings (SSSR count). The standard InChI is InChI=1S/C6H6N5O/c1-12-5-3-4(9-2-8-3)10-6(7)11-5/h1H3,(H3,7,8,9,10,11). The van der Waals surface area contributed by atoms with Crippen molar-refractivity contribution in [3.63, 3.8) is 0 Å². The van der Waals surface area contributed by atoms with Crippen LogP contribution in [0.2, 0.25) is 0 Å². The fourth-order valence-electron chi connectivity index (χ4n) is 0.920. The lowest BCUT2D eigenvalue weighted by Crippen LogP contribution is -1.98. The van der Waals surface area contributed by atoms with Crippen molar-refractivity contribution in [2.75, 3.05) is 12.8 Å². The zero-order valence-corrected chi connectivity index (χ0v) is 6.33. The second-order valence-electron chi connectivity index (χ2n) is 2.14. The molecule has 0 fully saturated rings. The Hall–Kier alpha value is -1.85. The summed E-state index contributed by atoms with van der Waals surface area (Å²) in [5.74, 6) is 0.520. The van der Waals surface area contributed by atoms with Crippen LogP contribution < -0.4 is 10.5 Å². The van der Waals surface area contributed by atoms with Crippen LogP contribution in [-0.4, -0.2) is 27.0 Å². The summed E-state index contributed by atoms with van der Waals surface area (Å²) >= 11 is 0. The van der Waals surface area contributed by atoms with Crippen molar-refractivity contribution in [3.05, 3.63) is 6.33 Å². The van der Waals surface area contributed by atoms with Crippen molar-refractivity contribution < 1.29 is 4.74 Å². The minimum Gasteiger partial charge on any atom is -0.479 e. The summed E-state index contributed by atoms with van der Waals surface area (Å²) in [7, 11) is 1.50. The van der Waals surface area contributed by atoms with E-state index in [9.17, 15) is 0 Å². The van der Waals surface area contributed by atoms with Crippen LogP contribution in [0.3, 0.4) is 0 Å². The molecule has 0 unspecified atom stereocenters. The first-order valence-electron chi connectivity index (χ1n) is 3.24. The monoisotopic (exact) mass is 164 g/mol. The van der Waals surface area contributed by atoms with Crippen LogP contribution in [0, 0.1) is 6.33 Å². The predicted octanol–water partition coefficient (Wildman–Crippen LogP) is -0.256. The average molecular weight is 164 g/mol. The molecule has 2 aromatic rings. The first-order valence-corrected chi connectivity index (χ1v) is 3.24. The van der Waals surface area contributed by atoms with Gasteiger partial charge in [0, 0.05) is 0 Å². The number of nitrogens with zero attached hydrogens (tertiary/aromatic N) is 3. The molecule has 6 heteroatoms. The molecule has 0 aromatic carbocycles. The van der Waals surface area contributed by atoms with Crippen molar-refractivity contribution >= 4 is 17.1 Å². The Morgan fingerprint density at radius 3 is 3.08 bits per heavy atom. The number of nitrogens with one attached hydrogen (secondary N) is 1. The molecule has 1 radical (unpaired) electrons.